The largest absolute Gasteiger partial charge is 0.496 e. The summed E-state index contributed by atoms with van der Waals surface area (Å²) in [6, 6.07) is 8.23. The Balaban J connectivity index is 1.68. The van der Waals surface area contributed by atoms with Crippen molar-refractivity contribution in [2.45, 2.75) is 64.2 Å². The quantitative estimate of drug-likeness (QED) is 0.754. The second-order valence-electron chi connectivity index (χ2n) is 6.50. The first-order valence-electron chi connectivity index (χ1n) is 8.43. The summed E-state index contributed by atoms with van der Waals surface area (Å²) in [5, 5.41) is 3.60. The molecule has 0 aliphatic heterocycles. The van der Waals surface area contributed by atoms with Crippen molar-refractivity contribution in [3.63, 3.8) is 0 Å². The first kappa shape index (κ1) is 14.9. The number of benzene rings is 1. The number of rotatable bonds is 9. The van der Waals surface area contributed by atoms with Gasteiger partial charge in [0.15, 0.2) is 0 Å². The molecule has 0 saturated heterocycles. The van der Waals surface area contributed by atoms with E-state index in [0.717, 1.165) is 30.9 Å². The van der Waals surface area contributed by atoms with E-state index in [9.17, 15) is 0 Å². The van der Waals surface area contributed by atoms with Crippen molar-refractivity contribution in [1.29, 1.82) is 0 Å². The Morgan fingerprint density at radius 1 is 1.24 bits per heavy atom. The highest BCUT2D eigenvalue weighted by Crippen LogP contribution is 2.31. The van der Waals surface area contributed by atoms with Crippen LogP contribution < -0.4 is 10.1 Å². The van der Waals surface area contributed by atoms with E-state index in [2.05, 4.69) is 35.3 Å². The van der Waals surface area contributed by atoms with Gasteiger partial charge in [-0.2, -0.15) is 0 Å². The maximum Gasteiger partial charge on any atom is 0.123 e. The molecule has 2 saturated carbocycles. The van der Waals surface area contributed by atoms with E-state index in [-0.39, 0.29) is 0 Å². The highest BCUT2D eigenvalue weighted by molar-refractivity contribution is 5.37. The molecule has 116 valence electrons. The lowest BCUT2D eigenvalue weighted by Gasteiger charge is -2.23. The Bertz CT molecular complexity index is 466. The van der Waals surface area contributed by atoms with Crippen molar-refractivity contribution in [2.24, 2.45) is 0 Å². The highest BCUT2D eigenvalue weighted by atomic mass is 16.5. The van der Waals surface area contributed by atoms with Crippen LogP contribution in [0.15, 0.2) is 18.2 Å². The van der Waals surface area contributed by atoms with Crippen molar-refractivity contribution in [3.05, 3.63) is 29.3 Å². The van der Waals surface area contributed by atoms with Crippen molar-refractivity contribution in [3.8, 4) is 5.75 Å². The fourth-order valence-electron chi connectivity index (χ4n) is 2.95. The van der Waals surface area contributed by atoms with Gasteiger partial charge in [-0.1, -0.05) is 13.0 Å². The van der Waals surface area contributed by atoms with Gasteiger partial charge in [0.05, 0.1) is 7.11 Å². The summed E-state index contributed by atoms with van der Waals surface area (Å²) in [6.45, 7) is 5.47. The zero-order valence-corrected chi connectivity index (χ0v) is 13.4. The summed E-state index contributed by atoms with van der Waals surface area (Å²) in [5.74, 6) is 1.03. The molecule has 0 aromatic heterocycles. The van der Waals surface area contributed by atoms with Crippen molar-refractivity contribution in [1.82, 2.24) is 10.2 Å². The van der Waals surface area contributed by atoms with E-state index in [1.54, 1.807) is 7.11 Å². The molecule has 2 aliphatic rings. The average molecular weight is 288 g/mol. The number of hydrogen-bond acceptors (Lipinski definition) is 3. The minimum absolute atomic E-state index is 0.763. The van der Waals surface area contributed by atoms with Gasteiger partial charge in [-0.15, -0.1) is 0 Å². The highest BCUT2D eigenvalue weighted by Gasteiger charge is 2.28. The Morgan fingerprint density at radius 2 is 2.05 bits per heavy atom. The lowest BCUT2D eigenvalue weighted by Crippen LogP contribution is -2.26. The van der Waals surface area contributed by atoms with E-state index in [4.69, 9.17) is 4.74 Å². The van der Waals surface area contributed by atoms with Crippen LogP contribution in [0.5, 0.6) is 5.75 Å². The Kier molecular flexibility index (Phi) is 4.81. The van der Waals surface area contributed by atoms with Crippen LogP contribution in [0.4, 0.5) is 0 Å². The monoisotopic (exact) mass is 288 g/mol. The third-order valence-corrected chi connectivity index (χ3v) is 4.46. The van der Waals surface area contributed by atoms with Crippen LogP contribution in [-0.2, 0) is 13.1 Å². The SMILES string of the molecule is CCCN(Cc1cc(CNC2CC2)ccc1OC)C1CC1. The molecule has 3 rings (SSSR count). The standard InChI is InChI=1S/C18H28N2O/c1-3-10-20(17-7-8-17)13-15-11-14(4-9-18(15)21-2)12-19-16-5-6-16/h4,9,11,16-17,19H,3,5-8,10,12-13H2,1-2H3. The molecule has 0 bridgehead atoms. The third kappa shape index (κ3) is 4.21. The zero-order valence-electron chi connectivity index (χ0n) is 13.4. The van der Waals surface area contributed by atoms with Gasteiger partial charge in [-0.05, 0) is 56.3 Å². The predicted molar refractivity (Wildman–Crippen MR) is 86.6 cm³/mol. The summed E-state index contributed by atoms with van der Waals surface area (Å²) in [7, 11) is 1.78. The molecule has 3 nitrogen and oxygen atoms in total. The third-order valence-electron chi connectivity index (χ3n) is 4.46. The lowest BCUT2D eigenvalue weighted by atomic mass is 10.1. The minimum Gasteiger partial charge on any atom is -0.496 e. The number of methoxy groups -OCH3 is 1. The lowest BCUT2D eigenvalue weighted by molar-refractivity contribution is 0.251. The molecule has 0 amide bonds. The van der Waals surface area contributed by atoms with Crippen LogP contribution >= 0.6 is 0 Å². The Morgan fingerprint density at radius 3 is 2.67 bits per heavy atom. The molecule has 0 spiro atoms. The van der Waals surface area contributed by atoms with E-state index >= 15 is 0 Å². The smallest absolute Gasteiger partial charge is 0.123 e. The fourth-order valence-corrected chi connectivity index (χ4v) is 2.95. The van der Waals surface area contributed by atoms with E-state index < -0.39 is 0 Å². The van der Waals surface area contributed by atoms with Gasteiger partial charge in [0.2, 0.25) is 0 Å². The Labute approximate surface area is 128 Å². The van der Waals surface area contributed by atoms with Crippen molar-refractivity contribution in [2.75, 3.05) is 13.7 Å². The van der Waals surface area contributed by atoms with Gasteiger partial charge in [-0.25, -0.2) is 0 Å². The molecule has 0 radical (unpaired) electrons. The molecule has 21 heavy (non-hydrogen) atoms. The molecule has 3 heteroatoms. The normalized spacial score (nSPS) is 18.2. The topological polar surface area (TPSA) is 24.5 Å². The Hall–Kier alpha value is -1.06. The molecule has 1 aromatic rings. The van der Waals surface area contributed by atoms with Crippen LogP contribution in [0.1, 0.15) is 50.2 Å². The summed E-state index contributed by atoms with van der Waals surface area (Å²) in [4.78, 5) is 2.62. The van der Waals surface area contributed by atoms with Crippen LogP contribution in [0.2, 0.25) is 0 Å². The second-order valence-corrected chi connectivity index (χ2v) is 6.50. The van der Waals surface area contributed by atoms with Crippen LogP contribution in [0, 0.1) is 0 Å². The first-order valence-corrected chi connectivity index (χ1v) is 8.43. The van der Waals surface area contributed by atoms with Crippen molar-refractivity contribution >= 4 is 0 Å². The fraction of sp³-hybridized carbons (Fsp3) is 0.667. The van der Waals surface area contributed by atoms with Gasteiger partial charge in [-0.3, -0.25) is 4.90 Å². The maximum atomic E-state index is 5.57. The predicted octanol–water partition coefficient (Wildman–Crippen LogP) is 3.32. The molecule has 1 N–H and O–H groups in total. The first-order chi connectivity index (χ1) is 10.3. The maximum absolute atomic E-state index is 5.57. The number of hydrogen-bond donors (Lipinski definition) is 1. The molecular weight excluding hydrogens is 260 g/mol. The van der Waals surface area contributed by atoms with Crippen LogP contribution in [-0.4, -0.2) is 30.6 Å². The van der Waals surface area contributed by atoms with Crippen LogP contribution in [0.3, 0.4) is 0 Å². The molecule has 2 fully saturated rings. The molecule has 1 aromatic carbocycles. The molecule has 0 unspecified atom stereocenters. The summed E-state index contributed by atoms with van der Waals surface area (Å²) < 4.78 is 5.57. The molecular formula is C18H28N2O. The number of nitrogens with one attached hydrogen (secondary N) is 1. The summed E-state index contributed by atoms with van der Waals surface area (Å²) >= 11 is 0. The molecule has 0 heterocycles. The summed E-state index contributed by atoms with van der Waals surface area (Å²) in [6.07, 6.45) is 6.64. The van der Waals surface area contributed by atoms with Gasteiger partial charge >= 0.3 is 0 Å². The molecule has 0 atom stereocenters. The zero-order chi connectivity index (χ0) is 14.7. The molecule has 2 aliphatic carbocycles. The van der Waals surface area contributed by atoms with Gasteiger partial charge < -0.3 is 10.1 Å². The number of nitrogens with zero attached hydrogens (tertiary/aromatic N) is 1. The van der Waals surface area contributed by atoms with Gasteiger partial charge in [0, 0.05) is 30.7 Å². The van der Waals surface area contributed by atoms with Crippen LogP contribution in [0.25, 0.3) is 0 Å². The van der Waals surface area contributed by atoms with Gasteiger partial charge in [0.25, 0.3) is 0 Å². The van der Waals surface area contributed by atoms with Crippen molar-refractivity contribution < 1.29 is 4.74 Å². The van der Waals surface area contributed by atoms with Gasteiger partial charge in [0.1, 0.15) is 5.75 Å². The van der Waals surface area contributed by atoms with E-state index in [1.807, 2.05) is 0 Å². The number of ether oxygens (including phenoxy) is 1. The van der Waals surface area contributed by atoms with E-state index in [1.165, 1.54) is 49.8 Å². The minimum atomic E-state index is 0.763. The van der Waals surface area contributed by atoms with E-state index in [0.29, 0.717) is 0 Å². The average Bonchev–Trinajstić information content (AvgIpc) is 3.39. The second kappa shape index (κ2) is 6.80. The summed E-state index contributed by atoms with van der Waals surface area (Å²) in [5.41, 5.74) is 2.72.